The molecule has 1 amide bonds. The van der Waals surface area contributed by atoms with E-state index in [1.165, 1.54) is 11.8 Å². The summed E-state index contributed by atoms with van der Waals surface area (Å²) in [5.41, 5.74) is 0. The lowest BCUT2D eigenvalue weighted by molar-refractivity contribution is -0.120. The van der Waals surface area contributed by atoms with Crippen LogP contribution in [0, 0.1) is 0 Å². The average Bonchev–Trinajstić information content (AvgIpc) is 2.32. The first-order valence-corrected chi connectivity index (χ1v) is 10.9. The standard InChI is InChI=1S/C10H23N3O6S3/c1-8(2)13-22(18,19)12-6-5-11-10(14)9(4-7-20-3)21(15,16)17/h8-9,12-13H,4-7H2,1-3H3,(H,11,14)(H,15,16,17). The summed E-state index contributed by atoms with van der Waals surface area (Å²) in [5, 5.41) is 0.731. The Balaban J connectivity index is 4.36. The van der Waals surface area contributed by atoms with Crippen LogP contribution in [0.5, 0.6) is 0 Å². The molecule has 1 unspecified atom stereocenters. The van der Waals surface area contributed by atoms with Gasteiger partial charge in [-0.3, -0.25) is 9.35 Å². The van der Waals surface area contributed by atoms with Crippen molar-refractivity contribution in [1.29, 1.82) is 0 Å². The van der Waals surface area contributed by atoms with Gasteiger partial charge < -0.3 is 5.32 Å². The van der Waals surface area contributed by atoms with Gasteiger partial charge in [0.25, 0.3) is 20.3 Å². The molecular formula is C10H23N3O6S3. The highest BCUT2D eigenvalue weighted by molar-refractivity contribution is 7.98. The quantitative estimate of drug-likeness (QED) is 0.266. The van der Waals surface area contributed by atoms with E-state index in [1.54, 1.807) is 20.1 Å². The van der Waals surface area contributed by atoms with Crippen LogP contribution in [0.2, 0.25) is 0 Å². The van der Waals surface area contributed by atoms with Crippen molar-refractivity contribution in [1.82, 2.24) is 14.8 Å². The van der Waals surface area contributed by atoms with Gasteiger partial charge in [-0.05, 0) is 32.3 Å². The lowest BCUT2D eigenvalue weighted by Gasteiger charge is -2.14. The molecule has 1 atom stereocenters. The summed E-state index contributed by atoms with van der Waals surface area (Å²) in [5.74, 6) is -0.462. The molecule has 0 spiro atoms. The number of hydrogen-bond acceptors (Lipinski definition) is 6. The van der Waals surface area contributed by atoms with Crippen LogP contribution < -0.4 is 14.8 Å². The van der Waals surface area contributed by atoms with E-state index in [4.69, 9.17) is 4.55 Å². The molecule has 9 nitrogen and oxygen atoms in total. The fraction of sp³-hybridized carbons (Fsp3) is 0.900. The van der Waals surface area contributed by atoms with E-state index >= 15 is 0 Å². The molecule has 0 heterocycles. The number of nitrogens with one attached hydrogen (secondary N) is 3. The van der Waals surface area contributed by atoms with E-state index in [-0.39, 0.29) is 25.6 Å². The van der Waals surface area contributed by atoms with Crippen LogP contribution in [0.1, 0.15) is 20.3 Å². The Kier molecular flexibility index (Phi) is 9.50. The van der Waals surface area contributed by atoms with Crippen LogP contribution in [0.4, 0.5) is 0 Å². The zero-order valence-electron chi connectivity index (χ0n) is 12.7. The second-order valence-corrected chi connectivity index (χ2v) is 8.86. The highest BCUT2D eigenvalue weighted by Gasteiger charge is 2.30. The Morgan fingerprint density at radius 1 is 1.18 bits per heavy atom. The van der Waals surface area contributed by atoms with Crippen molar-refractivity contribution in [2.75, 3.05) is 25.1 Å². The highest BCUT2D eigenvalue weighted by Crippen LogP contribution is 2.08. The largest absolute Gasteiger partial charge is 0.354 e. The molecule has 0 rings (SSSR count). The fourth-order valence-corrected chi connectivity index (χ4v) is 3.94. The van der Waals surface area contributed by atoms with Gasteiger partial charge in [-0.25, -0.2) is 4.72 Å². The van der Waals surface area contributed by atoms with E-state index in [2.05, 4.69) is 14.8 Å². The number of amides is 1. The smallest absolute Gasteiger partial charge is 0.277 e. The van der Waals surface area contributed by atoms with Gasteiger partial charge in [0.05, 0.1) is 0 Å². The minimum absolute atomic E-state index is 0.0214. The molecule has 0 aromatic rings. The molecule has 12 heteroatoms. The van der Waals surface area contributed by atoms with Crippen LogP contribution in [0.15, 0.2) is 0 Å². The maximum atomic E-state index is 11.7. The Bertz CT molecular complexity index is 546. The monoisotopic (exact) mass is 377 g/mol. The maximum absolute atomic E-state index is 11.7. The van der Waals surface area contributed by atoms with E-state index in [0.29, 0.717) is 5.75 Å². The third kappa shape index (κ3) is 9.58. The second kappa shape index (κ2) is 9.67. The molecule has 0 aromatic heterocycles. The first-order chi connectivity index (χ1) is 9.99. The normalized spacial score (nSPS) is 14.0. The molecule has 0 aliphatic heterocycles. The zero-order valence-corrected chi connectivity index (χ0v) is 15.1. The predicted octanol–water partition coefficient (Wildman–Crippen LogP) is -1.06. The molecule has 0 aliphatic carbocycles. The van der Waals surface area contributed by atoms with Crippen LogP contribution in [-0.2, 0) is 25.1 Å². The van der Waals surface area contributed by atoms with Crippen molar-refractivity contribution in [3.63, 3.8) is 0 Å². The summed E-state index contributed by atoms with van der Waals surface area (Å²) in [6.07, 6.45) is 1.72. The molecule has 0 aromatic carbocycles. The van der Waals surface area contributed by atoms with Crippen molar-refractivity contribution < 1.29 is 26.2 Å². The maximum Gasteiger partial charge on any atom is 0.277 e. The number of thioether (sulfide) groups is 1. The van der Waals surface area contributed by atoms with Crippen molar-refractivity contribution in [2.45, 2.75) is 31.6 Å². The number of carbonyl (C=O) groups excluding carboxylic acids is 1. The molecule has 0 aliphatic rings. The van der Waals surface area contributed by atoms with Crippen molar-refractivity contribution in [3.8, 4) is 0 Å². The summed E-state index contributed by atoms with van der Waals surface area (Å²) >= 11 is 1.35. The van der Waals surface area contributed by atoms with Gasteiger partial charge in [0, 0.05) is 19.1 Å². The lowest BCUT2D eigenvalue weighted by Crippen LogP contribution is -2.45. The van der Waals surface area contributed by atoms with Gasteiger partial charge >= 0.3 is 0 Å². The van der Waals surface area contributed by atoms with Crippen LogP contribution in [-0.4, -0.2) is 63.7 Å². The minimum Gasteiger partial charge on any atom is -0.354 e. The van der Waals surface area contributed by atoms with Gasteiger partial charge in [-0.2, -0.15) is 33.3 Å². The second-order valence-electron chi connectivity index (χ2n) is 4.75. The Hall–Kier alpha value is -0.400. The van der Waals surface area contributed by atoms with Gasteiger partial charge in [0.2, 0.25) is 5.91 Å². The summed E-state index contributed by atoms with van der Waals surface area (Å²) in [7, 11) is -8.16. The van der Waals surface area contributed by atoms with Crippen LogP contribution >= 0.6 is 11.8 Å². The fourth-order valence-electron chi connectivity index (χ4n) is 1.48. The summed E-state index contributed by atoms with van der Waals surface area (Å²) in [6, 6.07) is -0.275. The minimum atomic E-state index is -4.49. The van der Waals surface area contributed by atoms with Crippen LogP contribution in [0.25, 0.3) is 0 Å². The number of carbonyl (C=O) groups is 1. The molecule has 4 N–H and O–H groups in total. The highest BCUT2D eigenvalue weighted by atomic mass is 32.2. The Morgan fingerprint density at radius 3 is 2.23 bits per heavy atom. The van der Waals surface area contributed by atoms with E-state index in [0.717, 1.165) is 0 Å². The third-order valence-electron chi connectivity index (χ3n) is 2.34. The van der Waals surface area contributed by atoms with E-state index < -0.39 is 31.5 Å². The summed E-state index contributed by atoms with van der Waals surface area (Å²) in [6.45, 7) is 3.12. The van der Waals surface area contributed by atoms with Crippen molar-refractivity contribution >= 4 is 38.0 Å². The molecular weight excluding hydrogens is 354 g/mol. The average molecular weight is 378 g/mol. The predicted molar refractivity (Wildman–Crippen MR) is 86.5 cm³/mol. The Morgan fingerprint density at radius 2 is 1.77 bits per heavy atom. The van der Waals surface area contributed by atoms with Crippen molar-refractivity contribution in [2.24, 2.45) is 0 Å². The first-order valence-electron chi connectivity index (χ1n) is 6.49. The van der Waals surface area contributed by atoms with Gasteiger partial charge in [0.1, 0.15) is 0 Å². The first kappa shape index (κ1) is 21.6. The molecule has 0 bridgehead atoms. The summed E-state index contributed by atoms with van der Waals surface area (Å²) in [4.78, 5) is 11.7. The molecule has 132 valence electrons. The Labute approximate surface area is 135 Å². The summed E-state index contributed by atoms with van der Waals surface area (Å²) < 4.78 is 58.7. The van der Waals surface area contributed by atoms with Gasteiger partial charge in [-0.1, -0.05) is 0 Å². The zero-order chi connectivity index (χ0) is 17.4. The molecule has 0 saturated heterocycles. The van der Waals surface area contributed by atoms with E-state index in [9.17, 15) is 21.6 Å². The molecule has 0 fully saturated rings. The lowest BCUT2D eigenvalue weighted by atomic mass is 10.3. The van der Waals surface area contributed by atoms with Gasteiger partial charge in [-0.15, -0.1) is 0 Å². The van der Waals surface area contributed by atoms with Crippen LogP contribution in [0.3, 0.4) is 0 Å². The number of rotatable bonds is 11. The number of hydrogen-bond donors (Lipinski definition) is 4. The van der Waals surface area contributed by atoms with E-state index in [1.807, 2.05) is 0 Å². The SMILES string of the molecule is CSCCC(C(=O)NCCNS(=O)(=O)NC(C)C)S(=O)(=O)O. The van der Waals surface area contributed by atoms with Crippen molar-refractivity contribution in [3.05, 3.63) is 0 Å². The molecule has 0 saturated carbocycles. The topological polar surface area (TPSA) is 142 Å². The van der Waals surface area contributed by atoms with Gasteiger partial charge in [0.15, 0.2) is 5.25 Å². The molecule has 0 radical (unpaired) electrons. The third-order valence-corrected chi connectivity index (χ3v) is 5.52. The molecule has 22 heavy (non-hydrogen) atoms.